The molecule has 0 spiro atoms. The first kappa shape index (κ1) is 23.5. The molecule has 2 atom stereocenters. The van der Waals surface area contributed by atoms with Crippen LogP contribution in [-0.4, -0.2) is 45.2 Å². The number of ether oxygens (including phenoxy) is 1. The maximum absolute atomic E-state index is 12.7. The number of rotatable bonds is 8. The second-order valence-electron chi connectivity index (χ2n) is 8.90. The van der Waals surface area contributed by atoms with Crippen molar-refractivity contribution in [2.75, 3.05) is 6.61 Å². The normalized spacial score (nSPS) is 17.9. The molecule has 0 aliphatic carbocycles. The van der Waals surface area contributed by atoms with E-state index in [0.29, 0.717) is 24.4 Å². The minimum absolute atomic E-state index is 0.00720. The number of benzene rings is 2. The lowest BCUT2D eigenvalue weighted by Crippen LogP contribution is -2.49. The minimum atomic E-state index is -0.160. The van der Waals surface area contributed by atoms with E-state index in [-0.39, 0.29) is 30.5 Å². The number of aromatic nitrogens is 2. The van der Waals surface area contributed by atoms with Gasteiger partial charge in [0.15, 0.2) is 6.61 Å². The van der Waals surface area contributed by atoms with Gasteiger partial charge in [-0.25, -0.2) is 0 Å². The third-order valence-corrected chi connectivity index (χ3v) is 6.41. The van der Waals surface area contributed by atoms with Gasteiger partial charge in [0.1, 0.15) is 5.75 Å². The van der Waals surface area contributed by atoms with Gasteiger partial charge in [0.2, 0.25) is 0 Å². The molecule has 1 aliphatic heterocycles. The Bertz CT molecular complexity index is 1090. The Hall–Kier alpha value is -3.61. The van der Waals surface area contributed by atoms with Crippen LogP contribution in [0.2, 0.25) is 0 Å². The fraction of sp³-hybridized carbons (Fsp3) is 0.370. The first-order valence-corrected chi connectivity index (χ1v) is 11.9. The maximum atomic E-state index is 12.7. The van der Waals surface area contributed by atoms with Gasteiger partial charge in [-0.3, -0.25) is 14.3 Å². The van der Waals surface area contributed by atoms with Crippen molar-refractivity contribution in [3.63, 3.8) is 0 Å². The number of amides is 2. The Morgan fingerprint density at radius 1 is 1.00 bits per heavy atom. The van der Waals surface area contributed by atoms with Gasteiger partial charge in [-0.1, -0.05) is 24.3 Å². The molecule has 3 aromatic rings. The van der Waals surface area contributed by atoms with Crippen LogP contribution in [0.4, 0.5) is 0 Å². The van der Waals surface area contributed by atoms with Crippen LogP contribution in [0.5, 0.6) is 5.75 Å². The summed E-state index contributed by atoms with van der Waals surface area (Å²) in [5.41, 5.74) is 2.70. The average Bonchev–Trinajstić information content (AvgIpc) is 3.35. The number of nitrogens with zero attached hydrogens (tertiary/aromatic N) is 3. The van der Waals surface area contributed by atoms with Gasteiger partial charge in [-0.15, -0.1) is 0 Å². The highest BCUT2D eigenvalue weighted by molar-refractivity contribution is 5.94. The lowest BCUT2D eigenvalue weighted by Gasteiger charge is -2.38. The summed E-state index contributed by atoms with van der Waals surface area (Å²) in [4.78, 5) is 27.3. The third kappa shape index (κ3) is 5.84. The molecule has 0 saturated carbocycles. The van der Waals surface area contributed by atoms with Gasteiger partial charge in [0, 0.05) is 36.6 Å². The second kappa shape index (κ2) is 11.0. The van der Waals surface area contributed by atoms with E-state index in [2.05, 4.69) is 24.3 Å². The molecule has 1 aliphatic rings. The molecule has 34 heavy (non-hydrogen) atoms. The standard InChI is InChI=1S/C27H32N4O3/c1-20-7-5-8-21(2)31(20)26(32)19-34-25-13-11-22(12-14-25)27(33)28-17-23-9-3-4-10-24(23)18-30-16-6-15-29-30/h3-4,6,9-16,20-21H,5,7-8,17-19H2,1-2H3,(H,28,33). The Morgan fingerprint density at radius 3 is 2.38 bits per heavy atom. The van der Waals surface area contributed by atoms with Crippen molar-refractivity contribution in [1.82, 2.24) is 20.0 Å². The van der Waals surface area contributed by atoms with Gasteiger partial charge in [-0.05, 0) is 74.6 Å². The Kier molecular flexibility index (Phi) is 7.62. The van der Waals surface area contributed by atoms with Crippen molar-refractivity contribution in [2.24, 2.45) is 0 Å². The molecule has 2 unspecified atom stereocenters. The zero-order valence-electron chi connectivity index (χ0n) is 19.8. The summed E-state index contributed by atoms with van der Waals surface area (Å²) in [5, 5.41) is 7.24. The molecule has 7 nitrogen and oxygen atoms in total. The topological polar surface area (TPSA) is 76.5 Å². The summed E-state index contributed by atoms with van der Waals surface area (Å²) in [6.45, 7) is 5.27. The fourth-order valence-electron chi connectivity index (χ4n) is 4.57. The second-order valence-corrected chi connectivity index (χ2v) is 8.90. The first-order chi connectivity index (χ1) is 16.5. The number of likely N-dealkylation sites (tertiary alicyclic amines) is 1. The number of carbonyl (C=O) groups is 2. The molecular weight excluding hydrogens is 428 g/mol. The van der Waals surface area contributed by atoms with E-state index in [1.807, 2.05) is 46.1 Å². The molecule has 2 amide bonds. The number of carbonyl (C=O) groups excluding carboxylic acids is 2. The van der Waals surface area contributed by atoms with Crippen LogP contribution in [0.3, 0.4) is 0 Å². The molecule has 2 aromatic carbocycles. The molecule has 4 rings (SSSR count). The monoisotopic (exact) mass is 460 g/mol. The Balaban J connectivity index is 1.29. The van der Waals surface area contributed by atoms with Crippen molar-refractivity contribution in [2.45, 2.75) is 58.3 Å². The number of nitrogens with one attached hydrogen (secondary N) is 1. The lowest BCUT2D eigenvalue weighted by atomic mass is 9.97. The van der Waals surface area contributed by atoms with Crippen LogP contribution in [0.1, 0.15) is 54.6 Å². The van der Waals surface area contributed by atoms with Gasteiger partial charge in [0.05, 0.1) is 6.54 Å². The summed E-state index contributed by atoms with van der Waals surface area (Å²) in [6.07, 6.45) is 6.90. The first-order valence-electron chi connectivity index (χ1n) is 11.9. The third-order valence-electron chi connectivity index (χ3n) is 6.41. The van der Waals surface area contributed by atoms with Crippen LogP contribution in [0.25, 0.3) is 0 Å². The zero-order valence-corrected chi connectivity index (χ0v) is 19.8. The van der Waals surface area contributed by atoms with E-state index in [1.165, 1.54) is 0 Å². The van der Waals surface area contributed by atoms with E-state index < -0.39 is 0 Å². The number of hydrogen-bond donors (Lipinski definition) is 1. The molecule has 1 aromatic heterocycles. The van der Waals surface area contributed by atoms with E-state index in [4.69, 9.17) is 4.74 Å². The van der Waals surface area contributed by atoms with Crippen molar-refractivity contribution >= 4 is 11.8 Å². The highest BCUT2D eigenvalue weighted by atomic mass is 16.5. The zero-order chi connectivity index (χ0) is 23.9. The van der Waals surface area contributed by atoms with Gasteiger partial charge in [0.25, 0.3) is 11.8 Å². The summed E-state index contributed by atoms with van der Waals surface area (Å²) in [7, 11) is 0. The van der Waals surface area contributed by atoms with Gasteiger partial charge >= 0.3 is 0 Å². The van der Waals surface area contributed by atoms with Crippen molar-refractivity contribution in [1.29, 1.82) is 0 Å². The lowest BCUT2D eigenvalue weighted by molar-refractivity contribution is -0.139. The van der Waals surface area contributed by atoms with E-state index in [1.54, 1.807) is 30.5 Å². The summed E-state index contributed by atoms with van der Waals surface area (Å²) in [6, 6.07) is 17.3. The molecule has 0 radical (unpaired) electrons. The SMILES string of the molecule is CC1CCCC(C)N1C(=O)COc1ccc(C(=O)NCc2ccccc2Cn2cccn2)cc1. The van der Waals surface area contributed by atoms with Crippen LogP contribution < -0.4 is 10.1 Å². The molecule has 1 fully saturated rings. The molecule has 2 heterocycles. The highest BCUT2D eigenvalue weighted by Gasteiger charge is 2.28. The Labute approximate surface area is 200 Å². The number of hydrogen-bond acceptors (Lipinski definition) is 4. The molecule has 1 N–H and O–H groups in total. The Morgan fingerprint density at radius 2 is 1.71 bits per heavy atom. The minimum Gasteiger partial charge on any atom is -0.484 e. The molecule has 7 heteroatoms. The fourth-order valence-corrected chi connectivity index (χ4v) is 4.57. The predicted octanol–water partition coefficient (Wildman–Crippen LogP) is 4.03. The maximum Gasteiger partial charge on any atom is 0.260 e. The van der Waals surface area contributed by atoms with E-state index >= 15 is 0 Å². The van der Waals surface area contributed by atoms with Gasteiger partial charge < -0.3 is 15.0 Å². The van der Waals surface area contributed by atoms with Crippen molar-refractivity contribution in [3.05, 3.63) is 83.7 Å². The smallest absolute Gasteiger partial charge is 0.260 e. The van der Waals surface area contributed by atoms with Crippen LogP contribution in [-0.2, 0) is 17.9 Å². The highest BCUT2D eigenvalue weighted by Crippen LogP contribution is 2.23. The predicted molar refractivity (Wildman–Crippen MR) is 130 cm³/mol. The quantitative estimate of drug-likeness (QED) is 0.551. The van der Waals surface area contributed by atoms with Crippen molar-refractivity contribution in [3.8, 4) is 5.75 Å². The summed E-state index contributed by atoms with van der Waals surface area (Å²) < 4.78 is 7.57. The van der Waals surface area contributed by atoms with Crippen LogP contribution in [0.15, 0.2) is 67.0 Å². The van der Waals surface area contributed by atoms with Crippen LogP contribution >= 0.6 is 0 Å². The van der Waals surface area contributed by atoms with E-state index in [0.717, 1.165) is 30.4 Å². The molecule has 178 valence electrons. The van der Waals surface area contributed by atoms with Crippen LogP contribution in [0, 0.1) is 0 Å². The van der Waals surface area contributed by atoms with E-state index in [9.17, 15) is 9.59 Å². The summed E-state index contributed by atoms with van der Waals surface area (Å²) >= 11 is 0. The number of piperidine rings is 1. The molecule has 0 bridgehead atoms. The van der Waals surface area contributed by atoms with Gasteiger partial charge in [-0.2, -0.15) is 5.10 Å². The van der Waals surface area contributed by atoms with Crippen molar-refractivity contribution < 1.29 is 14.3 Å². The average molecular weight is 461 g/mol. The molecule has 1 saturated heterocycles. The largest absolute Gasteiger partial charge is 0.484 e. The summed E-state index contributed by atoms with van der Waals surface area (Å²) in [5.74, 6) is 0.426. The molecular formula is C27H32N4O3.